The molecule has 1 atom stereocenters. The summed E-state index contributed by atoms with van der Waals surface area (Å²) in [5.74, 6) is -1.22. The lowest BCUT2D eigenvalue weighted by Gasteiger charge is -2.19. The lowest BCUT2D eigenvalue weighted by Crippen LogP contribution is -2.29. The molecule has 2 rings (SSSR count). The Morgan fingerprint density at radius 1 is 1.48 bits per heavy atom. The SMILES string of the molecule is CCCC(CN)C(=O)Nc1cc2c(cc1F)CCC(=O)N2. The van der Waals surface area contributed by atoms with Crippen LogP contribution in [0.5, 0.6) is 0 Å². The Balaban J connectivity index is 2.18. The van der Waals surface area contributed by atoms with Crippen molar-refractivity contribution in [3.63, 3.8) is 0 Å². The maximum atomic E-state index is 14.0. The molecule has 1 unspecified atom stereocenters. The van der Waals surface area contributed by atoms with Gasteiger partial charge in [0.05, 0.1) is 11.6 Å². The summed E-state index contributed by atoms with van der Waals surface area (Å²) in [6, 6.07) is 2.83. The van der Waals surface area contributed by atoms with Crippen LogP contribution < -0.4 is 16.4 Å². The molecule has 0 saturated heterocycles. The highest BCUT2D eigenvalue weighted by atomic mass is 19.1. The molecular weight excluding hydrogens is 273 g/mol. The number of nitrogens with two attached hydrogens (primary N) is 1. The summed E-state index contributed by atoms with van der Waals surface area (Å²) in [7, 11) is 0. The molecule has 0 aromatic heterocycles. The van der Waals surface area contributed by atoms with Crippen molar-refractivity contribution in [3.8, 4) is 0 Å². The number of benzene rings is 1. The minimum Gasteiger partial charge on any atom is -0.330 e. The van der Waals surface area contributed by atoms with E-state index in [1.165, 1.54) is 12.1 Å². The number of fused-ring (bicyclic) bond motifs is 1. The van der Waals surface area contributed by atoms with Gasteiger partial charge in [0.1, 0.15) is 5.82 Å². The number of nitrogens with one attached hydrogen (secondary N) is 2. The van der Waals surface area contributed by atoms with Crippen LogP contribution in [0.3, 0.4) is 0 Å². The van der Waals surface area contributed by atoms with Crippen LogP contribution in [-0.4, -0.2) is 18.4 Å². The fourth-order valence-electron chi connectivity index (χ4n) is 2.43. The van der Waals surface area contributed by atoms with E-state index in [1.54, 1.807) is 0 Å². The molecule has 0 saturated carbocycles. The van der Waals surface area contributed by atoms with Crippen LogP contribution in [0.4, 0.5) is 15.8 Å². The average molecular weight is 293 g/mol. The minimum absolute atomic E-state index is 0.0792. The summed E-state index contributed by atoms with van der Waals surface area (Å²) in [5, 5.41) is 5.25. The number of amides is 2. The van der Waals surface area contributed by atoms with Crippen molar-refractivity contribution in [1.29, 1.82) is 0 Å². The number of carbonyl (C=O) groups excluding carboxylic acids is 2. The van der Waals surface area contributed by atoms with Gasteiger partial charge in [-0.1, -0.05) is 13.3 Å². The van der Waals surface area contributed by atoms with Gasteiger partial charge >= 0.3 is 0 Å². The van der Waals surface area contributed by atoms with E-state index in [4.69, 9.17) is 5.73 Å². The molecule has 114 valence electrons. The van der Waals surface area contributed by atoms with E-state index in [1.807, 2.05) is 6.92 Å². The number of halogens is 1. The maximum absolute atomic E-state index is 14.0. The highest BCUT2D eigenvalue weighted by Crippen LogP contribution is 2.29. The molecule has 2 amide bonds. The number of anilines is 2. The van der Waals surface area contributed by atoms with E-state index < -0.39 is 5.82 Å². The van der Waals surface area contributed by atoms with Gasteiger partial charge in [-0.2, -0.15) is 0 Å². The van der Waals surface area contributed by atoms with Crippen LogP contribution >= 0.6 is 0 Å². The first-order chi connectivity index (χ1) is 10.0. The maximum Gasteiger partial charge on any atom is 0.228 e. The Kier molecular flexibility index (Phi) is 4.90. The molecule has 1 heterocycles. The molecule has 0 bridgehead atoms. The quantitative estimate of drug-likeness (QED) is 0.776. The summed E-state index contributed by atoms with van der Waals surface area (Å²) >= 11 is 0. The lowest BCUT2D eigenvalue weighted by molar-refractivity contribution is -0.120. The molecule has 1 aromatic carbocycles. The van der Waals surface area contributed by atoms with Gasteiger partial charge in [-0.3, -0.25) is 9.59 Å². The first-order valence-electron chi connectivity index (χ1n) is 7.18. The van der Waals surface area contributed by atoms with Gasteiger partial charge in [-0.15, -0.1) is 0 Å². The number of rotatable bonds is 5. The van der Waals surface area contributed by atoms with Crippen LogP contribution in [-0.2, 0) is 16.0 Å². The van der Waals surface area contributed by atoms with Crippen molar-refractivity contribution >= 4 is 23.2 Å². The number of aryl methyl sites for hydroxylation is 1. The number of hydrogen-bond acceptors (Lipinski definition) is 3. The molecule has 1 aliphatic rings. The molecule has 1 aliphatic heterocycles. The average Bonchev–Trinajstić information content (AvgIpc) is 2.45. The Morgan fingerprint density at radius 3 is 2.90 bits per heavy atom. The number of carbonyl (C=O) groups is 2. The second-order valence-corrected chi connectivity index (χ2v) is 5.25. The molecule has 0 aliphatic carbocycles. The zero-order valence-electron chi connectivity index (χ0n) is 12.0. The molecule has 6 heteroatoms. The molecule has 4 N–H and O–H groups in total. The van der Waals surface area contributed by atoms with Gasteiger partial charge in [0.15, 0.2) is 0 Å². The molecule has 1 aromatic rings. The van der Waals surface area contributed by atoms with Crippen LogP contribution in [0, 0.1) is 11.7 Å². The van der Waals surface area contributed by atoms with Crippen LogP contribution in [0.1, 0.15) is 31.7 Å². The molecule has 0 fully saturated rings. The van der Waals surface area contributed by atoms with Crippen LogP contribution in [0.15, 0.2) is 12.1 Å². The third kappa shape index (κ3) is 3.58. The third-order valence-electron chi connectivity index (χ3n) is 3.64. The molecule has 5 nitrogen and oxygen atoms in total. The van der Waals surface area contributed by atoms with Gasteiger partial charge in [0.25, 0.3) is 0 Å². The fraction of sp³-hybridized carbons (Fsp3) is 0.467. The minimum atomic E-state index is -0.495. The Morgan fingerprint density at radius 2 is 2.24 bits per heavy atom. The van der Waals surface area contributed by atoms with E-state index in [-0.39, 0.29) is 30.0 Å². The van der Waals surface area contributed by atoms with Gasteiger partial charge in [-0.25, -0.2) is 4.39 Å². The summed E-state index contributed by atoms with van der Waals surface area (Å²) in [5.41, 5.74) is 6.95. The fourth-order valence-corrected chi connectivity index (χ4v) is 2.43. The summed E-state index contributed by atoms with van der Waals surface area (Å²) in [6.07, 6.45) is 2.35. The molecular formula is C15H20FN3O2. The predicted molar refractivity (Wildman–Crippen MR) is 79.4 cm³/mol. The number of hydrogen-bond donors (Lipinski definition) is 3. The van der Waals surface area contributed by atoms with Crippen LogP contribution in [0.25, 0.3) is 0 Å². The zero-order valence-corrected chi connectivity index (χ0v) is 12.0. The largest absolute Gasteiger partial charge is 0.330 e. The second kappa shape index (κ2) is 6.67. The standard InChI is InChI=1S/C15H20FN3O2/c1-2-3-10(8-17)15(21)19-13-7-12-9(6-11(13)16)4-5-14(20)18-12/h6-7,10H,2-5,8,17H2,1H3,(H,18,20)(H,19,21). The van der Waals surface area contributed by atoms with Gasteiger partial charge < -0.3 is 16.4 Å². The van der Waals surface area contributed by atoms with Gasteiger partial charge in [0, 0.05) is 18.7 Å². The highest BCUT2D eigenvalue weighted by molar-refractivity contribution is 5.97. The smallest absolute Gasteiger partial charge is 0.228 e. The monoisotopic (exact) mass is 293 g/mol. The van der Waals surface area contributed by atoms with Crippen molar-refractivity contribution < 1.29 is 14.0 Å². The summed E-state index contributed by atoms with van der Waals surface area (Å²) in [6.45, 7) is 2.19. The van der Waals surface area contributed by atoms with Crippen molar-refractivity contribution in [2.75, 3.05) is 17.2 Å². The predicted octanol–water partition coefficient (Wildman–Crippen LogP) is 2.02. The summed E-state index contributed by atoms with van der Waals surface area (Å²) < 4.78 is 14.0. The van der Waals surface area contributed by atoms with Gasteiger partial charge in [0.2, 0.25) is 11.8 Å². The third-order valence-corrected chi connectivity index (χ3v) is 3.64. The molecule has 0 radical (unpaired) electrons. The molecule has 0 spiro atoms. The lowest BCUT2D eigenvalue weighted by atomic mass is 10.0. The topological polar surface area (TPSA) is 84.2 Å². The Labute approximate surface area is 123 Å². The van der Waals surface area contributed by atoms with Crippen molar-refractivity contribution in [1.82, 2.24) is 0 Å². The van der Waals surface area contributed by atoms with Crippen molar-refractivity contribution in [2.24, 2.45) is 11.7 Å². The molecule has 21 heavy (non-hydrogen) atoms. The summed E-state index contributed by atoms with van der Waals surface area (Å²) in [4.78, 5) is 23.4. The van der Waals surface area contributed by atoms with E-state index in [0.29, 0.717) is 24.9 Å². The van der Waals surface area contributed by atoms with Crippen LogP contribution in [0.2, 0.25) is 0 Å². The normalized spacial score (nSPS) is 15.1. The first kappa shape index (κ1) is 15.4. The van der Waals surface area contributed by atoms with Gasteiger partial charge in [-0.05, 0) is 30.5 Å². The van der Waals surface area contributed by atoms with Crippen molar-refractivity contribution in [2.45, 2.75) is 32.6 Å². The highest BCUT2D eigenvalue weighted by Gasteiger charge is 2.21. The van der Waals surface area contributed by atoms with E-state index >= 15 is 0 Å². The second-order valence-electron chi connectivity index (χ2n) is 5.25. The Hall–Kier alpha value is -1.95. The Bertz CT molecular complexity index is 560. The van der Waals surface area contributed by atoms with E-state index in [9.17, 15) is 14.0 Å². The van der Waals surface area contributed by atoms with E-state index in [2.05, 4.69) is 10.6 Å². The zero-order chi connectivity index (χ0) is 15.4. The van der Waals surface area contributed by atoms with Crippen molar-refractivity contribution in [3.05, 3.63) is 23.5 Å². The first-order valence-corrected chi connectivity index (χ1v) is 7.18. The van der Waals surface area contributed by atoms with E-state index in [0.717, 1.165) is 12.0 Å².